The van der Waals surface area contributed by atoms with Crippen LogP contribution in [0.3, 0.4) is 0 Å². The van der Waals surface area contributed by atoms with Gasteiger partial charge in [0, 0.05) is 34.5 Å². The number of benzene rings is 2. The molecule has 1 aliphatic rings. The summed E-state index contributed by atoms with van der Waals surface area (Å²) in [6, 6.07) is 13.7. The van der Waals surface area contributed by atoms with Gasteiger partial charge in [0.05, 0.1) is 4.92 Å². The second-order valence-corrected chi connectivity index (χ2v) is 7.18. The van der Waals surface area contributed by atoms with Crippen LogP contribution in [0.5, 0.6) is 0 Å². The van der Waals surface area contributed by atoms with Crippen LogP contribution < -0.4 is 0 Å². The predicted molar refractivity (Wildman–Crippen MR) is 93.5 cm³/mol. The van der Waals surface area contributed by atoms with Gasteiger partial charge < -0.3 is 4.90 Å². The zero-order valence-electron chi connectivity index (χ0n) is 12.0. The maximum Gasteiger partial charge on any atom is 0.269 e. The Hall–Kier alpha value is -1.86. The summed E-state index contributed by atoms with van der Waals surface area (Å²) in [5.74, 6) is 0.775. The molecule has 2 aromatic carbocycles. The maximum absolute atomic E-state index is 12.7. The number of hydrogen-bond acceptors (Lipinski definition) is 4. The molecule has 118 valence electrons. The van der Waals surface area contributed by atoms with E-state index in [1.54, 1.807) is 11.8 Å². The summed E-state index contributed by atoms with van der Waals surface area (Å²) in [6.07, 6.45) is 0. The quantitative estimate of drug-likeness (QED) is 0.578. The highest BCUT2D eigenvalue weighted by Crippen LogP contribution is 2.39. The first-order chi connectivity index (χ1) is 11.1. The number of rotatable bonds is 3. The molecule has 0 spiro atoms. The first-order valence-corrected chi connectivity index (χ1v) is 8.83. The summed E-state index contributed by atoms with van der Waals surface area (Å²) < 4.78 is 0.998. The van der Waals surface area contributed by atoms with Gasteiger partial charge in [-0.15, -0.1) is 11.8 Å². The van der Waals surface area contributed by atoms with Gasteiger partial charge in [0.2, 0.25) is 0 Å². The minimum Gasteiger partial charge on any atom is -0.322 e. The summed E-state index contributed by atoms with van der Waals surface area (Å²) in [7, 11) is 0. The zero-order valence-corrected chi connectivity index (χ0v) is 14.4. The molecule has 1 fully saturated rings. The van der Waals surface area contributed by atoms with E-state index in [-0.39, 0.29) is 17.0 Å². The van der Waals surface area contributed by atoms with Crippen LogP contribution in [0.15, 0.2) is 53.0 Å². The lowest BCUT2D eigenvalue weighted by Crippen LogP contribution is -2.30. The van der Waals surface area contributed by atoms with E-state index in [9.17, 15) is 14.9 Å². The van der Waals surface area contributed by atoms with Gasteiger partial charge in [0.1, 0.15) is 5.37 Å². The van der Waals surface area contributed by atoms with Gasteiger partial charge in [-0.05, 0) is 29.8 Å². The Balaban J connectivity index is 1.82. The van der Waals surface area contributed by atoms with E-state index in [1.165, 1.54) is 24.3 Å². The Bertz CT molecular complexity index is 734. The molecule has 1 saturated heterocycles. The number of hydrogen-bond donors (Lipinski definition) is 0. The first-order valence-electron chi connectivity index (χ1n) is 6.99. The number of nitro benzene ring substituents is 1. The van der Waals surface area contributed by atoms with E-state index in [2.05, 4.69) is 15.9 Å². The van der Waals surface area contributed by atoms with Gasteiger partial charge in [-0.25, -0.2) is 0 Å². The first kappa shape index (κ1) is 16.0. The van der Waals surface area contributed by atoms with Crippen molar-refractivity contribution in [3.63, 3.8) is 0 Å². The molecule has 5 nitrogen and oxygen atoms in total. The lowest BCUT2D eigenvalue weighted by atomic mass is 10.1. The van der Waals surface area contributed by atoms with Crippen molar-refractivity contribution in [1.82, 2.24) is 4.90 Å². The fourth-order valence-corrected chi connectivity index (χ4v) is 3.99. The number of carbonyl (C=O) groups is 1. The highest BCUT2D eigenvalue weighted by Gasteiger charge is 2.31. The number of carbonyl (C=O) groups excluding carboxylic acids is 1. The van der Waals surface area contributed by atoms with Crippen molar-refractivity contribution in [2.75, 3.05) is 12.3 Å². The summed E-state index contributed by atoms with van der Waals surface area (Å²) in [6.45, 7) is 0.668. The Kier molecular flexibility index (Phi) is 4.68. The molecule has 1 amide bonds. The number of thioether (sulfide) groups is 1. The van der Waals surface area contributed by atoms with Crippen LogP contribution in [0, 0.1) is 10.1 Å². The van der Waals surface area contributed by atoms with Gasteiger partial charge in [0.25, 0.3) is 11.6 Å². The van der Waals surface area contributed by atoms with Crippen molar-refractivity contribution in [3.8, 4) is 0 Å². The topological polar surface area (TPSA) is 63.4 Å². The molecule has 1 aliphatic heterocycles. The van der Waals surface area contributed by atoms with Crippen molar-refractivity contribution in [1.29, 1.82) is 0 Å². The van der Waals surface area contributed by atoms with E-state index in [4.69, 9.17) is 0 Å². The largest absolute Gasteiger partial charge is 0.322 e. The van der Waals surface area contributed by atoms with Crippen LogP contribution in [0.2, 0.25) is 0 Å². The molecule has 0 saturated carbocycles. The molecule has 0 aliphatic carbocycles. The molecule has 1 heterocycles. The smallest absolute Gasteiger partial charge is 0.269 e. The minimum atomic E-state index is -0.468. The van der Waals surface area contributed by atoms with Crippen molar-refractivity contribution in [2.45, 2.75) is 5.37 Å². The molecule has 0 radical (unpaired) electrons. The molecule has 0 bridgehead atoms. The fourth-order valence-electron chi connectivity index (χ4n) is 2.47. The summed E-state index contributed by atoms with van der Waals surface area (Å²) in [5.41, 5.74) is 1.54. The average Bonchev–Trinajstić information content (AvgIpc) is 3.04. The maximum atomic E-state index is 12.7. The highest BCUT2D eigenvalue weighted by atomic mass is 79.9. The fraction of sp³-hybridized carbons (Fsp3) is 0.188. The molecule has 0 unspecified atom stereocenters. The SMILES string of the molecule is O=C(c1ccc([N+](=O)[O-])cc1)N1CCS[C@H]1c1ccc(Br)cc1. The molecule has 2 aromatic rings. The number of nitro groups is 1. The van der Waals surface area contributed by atoms with Gasteiger partial charge in [0.15, 0.2) is 0 Å². The Labute approximate surface area is 146 Å². The van der Waals surface area contributed by atoms with E-state index in [0.717, 1.165) is 15.8 Å². The molecule has 1 atom stereocenters. The van der Waals surface area contributed by atoms with Crippen molar-refractivity contribution in [3.05, 3.63) is 74.2 Å². The van der Waals surface area contributed by atoms with Crippen molar-refractivity contribution in [2.24, 2.45) is 0 Å². The molecule has 0 aromatic heterocycles. The van der Waals surface area contributed by atoms with E-state index in [1.807, 2.05) is 29.2 Å². The second-order valence-electron chi connectivity index (χ2n) is 5.08. The predicted octanol–water partition coefficient (Wildman–Crippen LogP) is 4.25. The Morgan fingerprint density at radius 3 is 2.43 bits per heavy atom. The van der Waals surface area contributed by atoms with Gasteiger partial charge in [-0.2, -0.15) is 0 Å². The van der Waals surface area contributed by atoms with Crippen molar-refractivity contribution < 1.29 is 9.72 Å². The van der Waals surface area contributed by atoms with E-state index < -0.39 is 4.92 Å². The molecular formula is C16H13BrN2O3S. The number of non-ortho nitro benzene ring substituents is 1. The number of nitrogens with zero attached hydrogens (tertiary/aromatic N) is 2. The Morgan fingerprint density at radius 2 is 1.83 bits per heavy atom. The summed E-state index contributed by atoms with van der Waals surface area (Å²) in [4.78, 5) is 24.8. The van der Waals surface area contributed by atoms with Gasteiger partial charge in [-0.3, -0.25) is 14.9 Å². The lowest BCUT2D eigenvalue weighted by molar-refractivity contribution is -0.384. The third-order valence-electron chi connectivity index (χ3n) is 3.63. The number of amides is 1. The van der Waals surface area contributed by atoms with Crippen LogP contribution in [-0.4, -0.2) is 28.0 Å². The standard InChI is InChI=1S/C16H13BrN2O3S/c17-13-5-1-12(2-6-13)16-18(9-10-23-16)15(20)11-3-7-14(8-4-11)19(21)22/h1-8,16H,9-10H2/t16-/m0/s1. The Morgan fingerprint density at radius 1 is 1.17 bits per heavy atom. The van der Waals surface area contributed by atoms with E-state index in [0.29, 0.717) is 12.1 Å². The van der Waals surface area contributed by atoms with Crippen LogP contribution >= 0.6 is 27.7 Å². The van der Waals surface area contributed by atoms with Gasteiger partial charge in [-0.1, -0.05) is 28.1 Å². The third-order valence-corrected chi connectivity index (χ3v) is 5.42. The normalized spacial score (nSPS) is 17.3. The molecule has 23 heavy (non-hydrogen) atoms. The average molecular weight is 393 g/mol. The summed E-state index contributed by atoms with van der Waals surface area (Å²) in [5, 5.41) is 10.7. The number of halogens is 1. The highest BCUT2D eigenvalue weighted by molar-refractivity contribution is 9.10. The van der Waals surface area contributed by atoms with Crippen LogP contribution in [0.4, 0.5) is 5.69 Å². The zero-order chi connectivity index (χ0) is 16.4. The monoisotopic (exact) mass is 392 g/mol. The van der Waals surface area contributed by atoms with Crippen LogP contribution in [0.1, 0.15) is 21.3 Å². The summed E-state index contributed by atoms with van der Waals surface area (Å²) >= 11 is 5.13. The van der Waals surface area contributed by atoms with Crippen molar-refractivity contribution >= 4 is 39.3 Å². The molecular weight excluding hydrogens is 380 g/mol. The van der Waals surface area contributed by atoms with Gasteiger partial charge >= 0.3 is 0 Å². The third kappa shape index (κ3) is 3.40. The van der Waals surface area contributed by atoms with Crippen LogP contribution in [0.25, 0.3) is 0 Å². The van der Waals surface area contributed by atoms with E-state index >= 15 is 0 Å². The minimum absolute atomic E-state index is 0.0122. The molecule has 3 rings (SSSR count). The molecule has 7 heteroatoms. The lowest BCUT2D eigenvalue weighted by Gasteiger charge is -2.24. The molecule has 0 N–H and O–H groups in total. The van der Waals surface area contributed by atoms with Crippen LogP contribution in [-0.2, 0) is 0 Å². The second kappa shape index (κ2) is 6.72.